The largest absolute Gasteiger partial charge is 0.361 e. The van der Waals surface area contributed by atoms with Crippen LogP contribution in [-0.4, -0.2) is 35.0 Å². The Morgan fingerprint density at radius 3 is 2.58 bits per heavy atom. The number of thiophene rings is 1. The number of piperidine rings is 1. The van der Waals surface area contributed by atoms with E-state index in [-0.39, 0.29) is 29.3 Å². The fraction of sp³-hybridized carbons (Fsp3) is 0.476. The van der Waals surface area contributed by atoms with Gasteiger partial charge in [-0.15, -0.1) is 11.3 Å². The second-order valence-electron chi connectivity index (χ2n) is 8.07. The molecule has 0 unspecified atom stereocenters. The Balaban J connectivity index is 1.67. The highest BCUT2D eigenvalue weighted by atomic mass is 32.1. The first kappa shape index (κ1) is 17.5. The fourth-order valence-electron chi connectivity index (χ4n) is 4.76. The molecule has 0 saturated carbocycles. The van der Waals surface area contributed by atoms with Gasteiger partial charge in [-0.05, 0) is 81.3 Å². The van der Waals surface area contributed by atoms with Gasteiger partial charge in [0.05, 0.1) is 17.0 Å². The summed E-state index contributed by atoms with van der Waals surface area (Å²) in [4.78, 5) is 18.6. The van der Waals surface area contributed by atoms with E-state index in [0.717, 1.165) is 41.9 Å². The van der Waals surface area contributed by atoms with Crippen LogP contribution < -0.4 is 4.90 Å². The number of hydrogen-bond acceptors (Lipinski definition) is 3. The Bertz CT molecular complexity index is 814. The van der Waals surface area contributed by atoms with E-state index >= 15 is 0 Å². The van der Waals surface area contributed by atoms with Crippen LogP contribution in [0.4, 0.5) is 10.1 Å². The molecule has 1 aromatic heterocycles. The number of likely N-dealkylation sites (tertiary alicyclic amines) is 1. The molecule has 0 spiro atoms. The van der Waals surface area contributed by atoms with Crippen LogP contribution in [0.2, 0.25) is 0 Å². The van der Waals surface area contributed by atoms with Crippen molar-refractivity contribution in [1.29, 1.82) is 0 Å². The molecule has 138 valence electrons. The summed E-state index contributed by atoms with van der Waals surface area (Å²) in [5.41, 5.74) is 2.04. The van der Waals surface area contributed by atoms with Gasteiger partial charge in [0, 0.05) is 17.8 Å². The van der Waals surface area contributed by atoms with Crippen LogP contribution in [0.5, 0.6) is 0 Å². The Morgan fingerprint density at radius 2 is 1.92 bits per heavy atom. The molecule has 3 heterocycles. The Kier molecular flexibility index (Phi) is 4.30. The number of amides is 1. The van der Waals surface area contributed by atoms with E-state index in [1.54, 1.807) is 0 Å². The molecule has 1 aromatic carbocycles. The first-order valence-electron chi connectivity index (χ1n) is 9.28. The third-order valence-electron chi connectivity index (χ3n) is 5.86. The third kappa shape index (κ3) is 2.82. The second-order valence-corrected chi connectivity index (χ2v) is 8.99. The van der Waals surface area contributed by atoms with Gasteiger partial charge >= 0.3 is 0 Å². The Labute approximate surface area is 158 Å². The van der Waals surface area contributed by atoms with E-state index in [1.165, 1.54) is 23.5 Å². The van der Waals surface area contributed by atoms with Gasteiger partial charge in [0.2, 0.25) is 0 Å². The maximum absolute atomic E-state index is 13.4. The van der Waals surface area contributed by atoms with Crippen molar-refractivity contribution in [2.75, 3.05) is 11.4 Å². The summed E-state index contributed by atoms with van der Waals surface area (Å²) in [6.07, 6.45) is 3.01. The number of rotatable bonds is 2. The summed E-state index contributed by atoms with van der Waals surface area (Å²) in [6, 6.07) is 9.29. The highest BCUT2D eigenvalue weighted by Crippen LogP contribution is 2.44. The van der Waals surface area contributed by atoms with E-state index in [2.05, 4.69) is 23.6 Å². The Hall–Kier alpha value is -1.88. The normalized spacial score (nSPS) is 24.6. The summed E-state index contributed by atoms with van der Waals surface area (Å²) in [5.74, 6) is -0.0418. The minimum absolute atomic E-state index is 0.0689. The summed E-state index contributed by atoms with van der Waals surface area (Å²) < 4.78 is 13.4. The number of aryl methyl sites for hydroxylation is 1. The van der Waals surface area contributed by atoms with Gasteiger partial charge in [-0.1, -0.05) is 0 Å². The zero-order chi connectivity index (χ0) is 18.5. The summed E-state index contributed by atoms with van der Waals surface area (Å²) >= 11 is 1.54. The highest BCUT2D eigenvalue weighted by molar-refractivity contribution is 7.12. The molecule has 5 heteroatoms. The molecule has 2 aliphatic rings. The smallest absolute Gasteiger partial charge is 0.264 e. The quantitative estimate of drug-likeness (QED) is 0.752. The number of carbonyl (C=O) groups is 1. The third-order valence-corrected chi connectivity index (χ3v) is 6.86. The molecule has 4 rings (SSSR count). The monoisotopic (exact) mass is 372 g/mol. The lowest BCUT2D eigenvalue weighted by Gasteiger charge is -2.42. The number of anilines is 1. The van der Waals surface area contributed by atoms with Crippen molar-refractivity contribution >= 4 is 22.9 Å². The molecular weight excluding hydrogens is 347 g/mol. The van der Waals surface area contributed by atoms with Crippen LogP contribution in [0.25, 0.3) is 0 Å². The average Bonchev–Trinajstić information content (AvgIpc) is 3.14. The minimum Gasteiger partial charge on any atom is -0.361 e. The molecule has 2 fully saturated rings. The van der Waals surface area contributed by atoms with Gasteiger partial charge in [0.25, 0.3) is 5.91 Å². The van der Waals surface area contributed by atoms with Gasteiger partial charge in [-0.25, -0.2) is 4.39 Å². The van der Waals surface area contributed by atoms with Crippen molar-refractivity contribution in [3.05, 3.63) is 52.0 Å². The summed E-state index contributed by atoms with van der Waals surface area (Å²) in [6.45, 7) is 7.29. The van der Waals surface area contributed by atoms with E-state index in [9.17, 15) is 9.18 Å². The van der Waals surface area contributed by atoms with Gasteiger partial charge < -0.3 is 9.80 Å². The van der Waals surface area contributed by atoms with Crippen LogP contribution in [0.1, 0.15) is 48.3 Å². The lowest BCUT2D eigenvalue weighted by atomic mass is 9.94. The van der Waals surface area contributed by atoms with Crippen LogP contribution in [0.3, 0.4) is 0 Å². The molecule has 2 saturated heterocycles. The van der Waals surface area contributed by atoms with Gasteiger partial charge in [-0.2, -0.15) is 0 Å². The van der Waals surface area contributed by atoms with Gasteiger partial charge in [0.1, 0.15) is 5.82 Å². The predicted octanol–water partition coefficient (Wildman–Crippen LogP) is 4.86. The molecule has 2 atom stereocenters. The number of hydrogen-bond donors (Lipinski definition) is 0. The molecule has 2 aliphatic heterocycles. The van der Waals surface area contributed by atoms with Gasteiger partial charge in [0.15, 0.2) is 0 Å². The minimum atomic E-state index is -0.212. The number of carbonyl (C=O) groups excluding carboxylic acids is 1. The molecule has 26 heavy (non-hydrogen) atoms. The molecule has 0 aliphatic carbocycles. The van der Waals surface area contributed by atoms with Crippen LogP contribution in [0, 0.1) is 12.7 Å². The molecule has 2 aromatic rings. The van der Waals surface area contributed by atoms with E-state index < -0.39 is 0 Å². The number of nitrogens with zero attached hydrogens (tertiary/aromatic N) is 2. The number of benzene rings is 1. The van der Waals surface area contributed by atoms with Crippen LogP contribution >= 0.6 is 11.3 Å². The molecule has 0 N–H and O–H groups in total. The van der Waals surface area contributed by atoms with Crippen molar-refractivity contribution in [2.24, 2.45) is 0 Å². The zero-order valence-electron chi connectivity index (χ0n) is 15.5. The van der Waals surface area contributed by atoms with Crippen molar-refractivity contribution in [2.45, 2.75) is 57.7 Å². The van der Waals surface area contributed by atoms with Crippen molar-refractivity contribution in [1.82, 2.24) is 4.90 Å². The molecule has 0 bridgehead atoms. The van der Waals surface area contributed by atoms with Crippen molar-refractivity contribution in [3.8, 4) is 0 Å². The lowest BCUT2D eigenvalue weighted by Crippen LogP contribution is -2.52. The topological polar surface area (TPSA) is 23.6 Å². The highest BCUT2D eigenvalue weighted by Gasteiger charge is 2.50. The maximum Gasteiger partial charge on any atom is 0.264 e. The average molecular weight is 373 g/mol. The number of fused-ring (bicyclic) bond motifs is 1. The molecule has 1 amide bonds. The van der Waals surface area contributed by atoms with Crippen molar-refractivity contribution in [3.63, 3.8) is 0 Å². The van der Waals surface area contributed by atoms with E-state index in [0.29, 0.717) is 0 Å². The molecule has 3 nitrogen and oxygen atoms in total. The second kappa shape index (κ2) is 6.38. The lowest BCUT2D eigenvalue weighted by molar-refractivity contribution is 0.0609. The maximum atomic E-state index is 13.4. The van der Waals surface area contributed by atoms with Crippen molar-refractivity contribution < 1.29 is 9.18 Å². The Morgan fingerprint density at radius 1 is 1.19 bits per heavy atom. The first-order valence-corrected chi connectivity index (χ1v) is 10.2. The zero-order valence-corrected chi connectivity index (χ0v) is 16.4. The van der Waals surface area contributed by atoms with E-state index in [1.807, 2.05) is 30.5 Å². The van der Waals surface area contributed by atoms with Crippen LogP contribution in [-0.2, 0) is 0 Å². The standard InChI is InChI=1S/C21H25FN2OS/c1-14-10-12-26-19(14)20(25)23-11-4-5-17-18(23)13-21(2,3)24(17)16-8-6-15(22)7-9-16/h6-10,12,17-18H,4-5,11,13H2,1-3H3/t17-,18-/m0/s1. The van der Waals surface area contributed by atoms with Crippen LogP contribution in [0.15, 0.2) is 35.7 Å². The molecular formula is C21H25FN2OS. The summed E-state index contributed by atoms with van der Waals surface area (Å²) in [7, 11) is 0. The van der Waals surface area contributed by atoms with Gasteiger partial charge in [-0.3, -0.25) is 4.79 Å². The summed E-state index contributed by atoms with van der Waals surface area (Å²) in [5, 5.41) is 1.99. The SMILES string of the molecule is Cc1ccsc1C(=O)N1CCC[C@H]2[C@@H]1CC(C)(C)N2c1ccc(F)cc1. The first-order chi connectivity index (χ1) is 12.4. The van der Waals surface area contributed by atoms with E-state index in [4.69, 9.17) is 0 Å². The molecule has 0 radical (unpaired) electrons. The fourth-order valence-corrected chi connectivity index (χ4v) is 5.64. The predicted molar refractivity (Wildman–Crippen MR) is 104 cm³/mol. The number of halogens is 1.